The minimum Gasteiger partial charge on any atom is -0.383 e. The van der Waals surface area contributed by atoms with E-state index in [9.17, 15) is 8.42 Å². The first-order valence-electron chi connectivity index (χ1n) is 6.54. The predicted octanol–water partition coefficient (Wildman–Crippen LogP) is 1.07. The lowest BCUT2D eigenvalue weighted by molar-refractivity contribution is 0.587. The fourth-order valence-corrected chi connectivity index (χ4v) is 3.28. The summed E-state index contributed by atoms with van der Waals surface area (Å²) >= 11 is 0. The Kier molecular flexibility index (Phi) is 4.44. The van der Waals surface area contributed by atoms with E-state index < -0.39 is 10.0 Å². The van der Waals surface area contributed by atoms with Gasteiger partial charge in [0.2, 0.25) is 10.0 Å². The van der Waals surface area contributed by atoms with Crippen molar-refractivity contribution in [1.29, 1.82) is 0 Å². The van der Waals surface area contributed by atoms with Gasteiger partial charge in [-0.1, -0.05) is 6.07 Å². The average molecular weight is 283 g/mol. The van der Waals surface area contributed by atoms with E-state index in [0.29, 0.717) is 10.9 Å². The van der Waals surface area contributed by atoms with E-state index in [2.05, 4.69) is 15.4 Å². The zero-order chi connectivity index (χ0) is 13.9. The van der Waals surface area contributed by atoms with Crippen molar-refractivity contribution in [2.75, 3.05) is 25.5 Å². The van der Waals surface area contributed by atoms with E-state index in [-0.39, 0.29) is 0 Å². The van der Waals surface area contributed by atoms with E-state index in [1.165, 1.54) is 19.9 Å². The Balaban J connectivity index is 2.12. The van der Waals surface area contributed by atoms with Gasteiger partial charge in [-0.05, 0) is 51.1 Å². The summed E-state index contributed by atoms with van der Waals surface area (Å²) in [5.74, 6) is 0. The summed E-state index contributed by atoms with van der Waals surface area (Å²) in [6, 6.07) is 5.91. The third kappa shape index (κ3) is 3.46. The van der Waals surface area contributed by atoms with Crippen molar-refractivity contribution in [1.82, 2.24) is 10.0 Å². The molecule has 3 N–H and O–H groups in total. The van der Waals surface area contributed by atoms with Crippen molar-refractivity contribution in [2.45, 2.75) is 30.7 Å². The smallest absolute Gasteiger partial charge is 0.240 e. The van der Waals surface area contributed by atoms with Crippen LogP contribution in [-0.2, 0) is 10.0 Å². The normalized spacial score (nSPS) is 19.6. The van der Waals surface area contributed by atoms with Crippen LogP contribution in [0, 0.1) is 6.92 Å². The van der Waals surface area contributed by atoms with Crippen molar-refractivity contribution in [2.24, 2.45) is 0 Å². The zero-order valence-corrected chi connectivity index (χ0v) is 12.2. The van der Waals surface area contributed by atoms with Gasteiger partial charge in [0.1, 0.15) is 0 Å². The van der Waals surface area contributed by atoms with Crippen molar-refractivity contribution in [3.05, 3.63) is 23.8 Å². The predicted molar refractivity (Wildman–Crippen MR) is 76.9 cm³/mol. The molecule has 1 heterocycles. The Bertz CT molecular complexity index is 537. The summed E-state index contributed by atoms with van der Waals surface area (Å²) in [6.45, 7) is 3.69. The van der Waals surface area contributed by atoms with Crippen LogP contribution < -0.4 is 15.4 Å². The Morgan fingerprint density at radius 3 is 2.84 bits per heavy atom. The van der Waals surface area contributed by atoms with E-state index in [1.807, 2.05) is 12.1 Å². The van der Waals surface area contributed by atoms with Crippen LogP contribution >= 0.6 is 0 Å². The van der Waals surface area contributed by atoms with E-state index in [1.54, 1.807) is 13.0 Å². The van der Waals surface area contributed by atoms with Gasteiger partial charge in [0, 0.05) is 18.3 Å². The number of sulfonamides is 1. The molecule has 2 rings (SSSR count). The van der Waals surface area contributed by atoms with E-state index >= 15 is 0 Å². The number of aryl methyl sites for hydroxylation is 1. The number of nitrogens with one attached hydrogen (secondary N) is 3. The monoisotopic (exact) mass is 283 g/mol. The SMILES string of the molecule is CNS(=O)(=O)c1cc(NCC2CCCN2)ccc1C. The number of benzene rings is 1. The molecule has 0 aromatic heterocycles. The lowest BCUT2D eigenvalue weighted by atomic mass is 10.2. The van der Waals surface area contributed by atoms with Crippen molar-refractivity contribution in [3.8, 4) is 0 Å². The van der Waals surface area contributed by atoms with Crippen molar-refractivity contribution < 1.29 is 8.42 Å². The summed E-state index contributed by atoms with van der Waals surface area (Å²) < 4.78 is 26.1. The van der Waals surface area contributed by atoms with Gasteiger partial charge in [0.25, 0.3) is 0 Å². The van der Waals surface area contributed by atoms with Gasteiger partial charge in [-0.2, -0.15) is 0 Å². The quantitative estimate of drug-likeness (QED) is 0.756. The van der Waals surface area contributed by atoms with Crippen molar-refractivity contribution in [3.63, 3.8) is 0 Å². The van der Waals surface area contributed by atoms with Gasteiger partial charge < -0.3 is 10.6 Å². The Morgan fingerprint density at radius 1 is 1.42 bits per heavy atom. The lowest BCUT2D eigenvalue weighted by Crippen LogP contribution is -2.29. The van der Waals surface area contributed by atoms with Crippen molar-refractivity contribution >= 4 is 15.7 Å². The molecule has 1 saturated heterocycles. The minimum atomic E-state index is -3.39. The summed E-state index contributed by atoms with van der Waals surface area (Å²) in [7, 11) is -1.97. The molecular weight excluding hydrogens is 262 g/mol. The van der Waals surface area contributed by atoms with Gasteiger partial charge >= 0.3 is 0 Å². The van der Waals surface area contributed by atoms with Gasteiger partial charge in [0.15, 0.2) is 0 Å². The molecule has 1 aliphatic rings. The zero-order valence-electron chi connectivity index (χ0n) is 11.4. The molecule has 1 atom stereocenters. The van der Waals surface area contributed by atoms with Crippen LogP contribution in [0.15, 0.2) is 23.1 Å². The number of rotatable bonds is 5. The van der Waals surface area contributed by atoms with Gasteiger partial charge in [-0.15, -0.1) is 0 Å². The Hall–Kier alpha value is -1.11. The standard InChI is InChI=1S/C13H21N3O2S/c1-10-5-6-11(8-13(10)19(17,18)14-2)16-9-12-4-3-7-15-12/h5-6,8,12,14-16H,3-4,7,9H2,1-2H3. The van der Waals surface area contributed by atoms with Crippen LogP contribution in [0.2, 0.25) is 0 Å². The lowest BCUT2D eigenvalue weighted by Gasteiger charge is -2.14. The van der Waals surface area contributed by atoms with Crippen LogP contribution in [0.1, 0.15) is 18.4 Å². The summed E-state index contributed by atoms with van der Waals surface area (Å²) in [5.41, 5.74) is 1.59. The molecule has 0 bridgehead atoms. The largest absolute Gasteiger partial charge is 0.383 e. The molecule has 0 amide bonds. The van der Waals surface area contributed by atoms with Crippen LogP contribution in [-0.4, -0.2) is 34.6 Å². The molecule has 0 radical (unpaired) electrons. The first-order valence-corrected chi connectivity index (χ1v) is 8.03. The fraction of sp³-hybridized carbons (Fsp3) is 0.538. The maximum Gasteiger partial charge on any atom is 0.240 e. The summed E-state index contributed by atoms with van der Waals surface area (Å²) in [4.78, 5) is 0.333. The summed E-state index contributed by atoms with van der Waals surface area (Å²) in [5, 5.41) is 6.70. The van der Waals surface area contributed by atoms with Crippen LogP contribution in [0.25, 0.3) is 0 Å². The highest BCUT2D eigenvalue weighted by Crippen LogP contribution is 2.20. The van der Waals surface area contributed by atoms with Gasteiger partial charge in [-0.25, -0.2) is 13.1 Å². The van der Waals surface area contributed by atoms with Gasteiger partial charge in [-0.3, -0.25) is 0 Å². The number of hydrogen-bond acceptors (Lipinski definition) is 4. The Labute approximate surface area is 114 Å². The maximum absolute atomic E-state index is 11.9. The molecule has 1 aliphatic heterocycles. The maximum atomic E-state index is 11.9. The van der Waals surface area contributed by atoms with Crippen LogP contribution in [0.3, 0.4) is 0 Å². The topological polar surface area (TPSA) is 70.2 Å². The Morgan fingerprint density at radius 2 is 2.21 bits per heavy atom. The highest BCUT2D eigenvalue weighted by molar-refractivity contribution is 7.89. The first kappa shape index (κ1) is 14.3. The first-order chi connectivity index (χ1) is 9.03. The fourth-order valence-electron chi connectivity index (χ4n) is 2.28. The molecule has 6 heteroatoms. The van der Waals surface area contributed by atoms with E-state index in [4.69, 9.17) is 0 Å². The highest BCUT2D eigenvalue weighted by atomic mass is 32.2. The molecule has 1 aromatic rings. The van der Waals surface area contributed by atoms with E-state index in [0.717, 1.165) is 24.3 Å². The molecule has 0 spiro atoms. The van der Waals surface area contributed by atoms with Crippen LogP contribution in [0.4, 0.5) is 5.69 Å². The molecule has 1 aromatic carbocycles. The molecule has 0 aliphatic carbocycles. The second-order valence-electron chi connectivity index (χ2n) is 4.86. The average Bonchev–Trinajstić information content (AvgIpc) is 2.91. The molecule has 0 saturated carbocycles. The number of anilines is 1. The second-order valence-corrected chi connectivity index (χ2v) is 6.72. The molecular formula is C13H21N3O2S. The highest BCUT2D eigenvalue weighted by Gasteiger charge is 2.16. The molecule has 19 heavy (non-hydrogen) atoms. The molecule has 5 nitrogen and oxygen atoms in total. The molecule has 106 valence electrons. The minimum absolute atomic E-state index is 0.333. The molecule has 1 fully saturated rings. The number of hydrogen-bond donors (Lipinski definition) is 3. The van der Waals surface area contributed by atoms with Crippen LogP contribution in [0.5, 0.6) is 0 Å². The van der Waals surface area contributed by atoms with Gasteiger partial charge in [0.05, 0.1) is 4.90 Å². The third-order valence-electron chi connectivity index (χ3n) is 3.46. The molecule has 1 unspecified atom stereocenters. The summed E-state index contributed by atoms with van der Waals surface area (Å²) in [6.07, 6.45) is 2.38. The third-order valence-corrected chi connectivity index (χ3v) is 5.02. The second kappa shape index (κ2) is 5.90.